The second-order valence-electron chi connectivity index (χ2n) is 7.31. The van der Waals surface area contributed by atoms with Crippen LogP contribution in [0.5, 0.6) is 0 Å². The number of hydrogen-bond acceptors (Lipinski definition) is 1. The molecule has 18 heavy (non-hydrogen) atoms. The van der Waals surface area contributed by atoms with Gasteiger partial charge in [0.15, 0.2) is 0 Å². The van der Waals surface area contributed by atoms with Gasteiger partial charge in [0.2, 0.25) is 0 Å². The lowest BCUT2D eigenvalue weighted by molar-refractivity contribution is 0.240. The summed E-state index contributed by atoms with van der Waals surface area (Å²) in [5.41, 5.74) is 1.98. The molecule has 1 atom stereocenters. The van der Waals surface area contributed by atoms with Crippen LogP contribution in [0.2, 0.25) is 0 Å². The van der Waals surface area contributed by atoms with E-state index in [-0.39, 0.29) is 5.54 Å². The molecule has 102 valence electrons. The SMILES string of the molecule is C[C@H](CNC(C)(C)CC(C)(C)C)c1ccccc1. The summed E-state index contributed by atoms with van der Waals surface area (Å²) in [6.07, 6.45) is 1.18. The van der Waals surface area contributed by atoms with E-state index in [1.165, 1.54) is 12.0 Å². The average Bonchev–Trinajstić information content (AvgIpc) is 2.24. The summed E-state index contributed by atoms with van der Waals surface area (Å²) in [6.45, 7) is 14.8. The molecular weight excluding hydrogens is 218 g/mol. The van der Waals surface area contributed by atoms with Crippen molar-refractivity contribution < 1.29 is 0 Å². The molecule has 0 spiro atoms. The highest BCUT2D eigenvalue weighted by Crippen LogP contribution is 2.27. The Morgan fingerprint density at radius 3 is 2.06 bits per heavy atom. The van der Waals surface area contributed by atoms with Gasteiger partial charge >= 0.3 is 0 Å². The fourth-order valence-electron chi connectivity index (χ4n) is 2.72. The molecular formula is C17H29N. The van der Waals surface area contributed by atoms with Gasteiger partial charge in [-0.3, -0.25) is 0 Å². The lowest BCUT2D eigenvalue weighted by atomic mass is 9.81. The molecule has 0 bridgehead atoms. The minimum absolute atomic E-state index is 0.196. The minimum Gasteiger partial charge on any atom is -0.311 e. The quantitative estimate of drug-likeness (QED) is 0.802. The van der Waals surface area contributed by atoms with Crippen molar-refractivity contribution in [1.82, 2.24) is 5.32 Å². The lowest BCUT2D eigenvalue weighted by Crippen LogP contribution is -2.43. The number of hydrogen-bond donors (Lipinski definition) is 1. The summed E-state index contributed by atoms with van der Waals surface area (Å²) < 4.78 is 0. The van der Waals surface area contributed by atoms with E-state index < -0.39 is 0 Å². The highest BCUT2D eigenvalue weighted by molar-refractivity contribution is 5.19. The maximum absolute atomic E-state index is 3.71. The number of rotatable bonds is 5. The van der Waals surface area contributed by atoms with Gasteiger partial charge in [-0.05, 0) is 37.2 Å². The van der Waals surface area contributed by atoms with E-state index in [0.29, 0.717) is 11.3 Å². The topological polar surface area (TPSA) is 12.0 Å². The average molecular weight is 247 g/mol. The van der Waals surface area contributed by atoms with Crippen molar-refractivity contribution in [3.63, 3.8) is 0 Å². The molecule has 0 aliphatic heterocycles. The Hall–Kier alpha value is -0.820. The first-order valence-electron chi connectivity index (χ1n) is 7.00. The fourth-order valence-corrected chi connectivity index (χ4v) is 2.72. The Morgan fingerprint density at radius 2 is 1.56 bits per heavy atom. The summed E-state index contributed by atoms with van der Waals surface area (Å²) >= 11 is 0. The third-order valence-electron chi connectivity index (χ3n) is 3.23. The maximum atomic E-state index is 3.71. The van der Waals surface area contributed by atoms with Crippen LogP contribution in [0.1, 0.15) is 59.4 Å². The standard InChI is InChI=1S/C17H29N/c1-14(15-10-8-7-9-11-15)12-18-17(5,6)13-16(2,3)4/h7-11,14,18H,12-13H2,1-6H3/t14-/m1/s1. The molecule has 1 heteroatoms. The van der Waals surface area contributed by atoms with Crippen molar-refractivity contribution in [2.75, 3.05) is 6.54 Å². The van der Waals surface area contributed by atoms with Gasteiger partial charge < -0.3 is 5.32 Å². The van der Waals surface area contributed by atoms with Crippen LogP contribution in [-0.4, -0.2) is 12.1 Å². The third-order valence-corrected chi connectivity index (χ3v) is 3.23. The van der Waals surface area contributed by atoms with E-state index in [1.807, 2.05) is 0 Å². The van der Waals surface area contributed by atoms with Crippen LogP contribution >= 0.6 is 0 Å². The van der Waals surface area contributed by atoms with Crippen molar-refractivity contribution >= 4 is 0 Å². The van der Waals surface area contributed by atoms with Crippen LogP contribution in [-0.2, 0) is 0 Å². The molecule has 1 N–H and O–H groups in total. The van der Waals surface area contributed by atoms with Gasteiger partial charge in [-0.25, -0.2) is 0 Å². The molecule has 0 fully saturated rings. The summed E-state index contributed by atoms with van der Waals surface area (Å²) in [6, 6.07) is 10.7. The van der Waals surface area contributed by atoms with E-state index in [0.717, 1.165) is 6.54 Å². The molecule has 1 aromatic carbocycles. The van der Waals surface area contributed by atoms with Crippen molar-refractivity contribution in [3.05, 3.63) is 35.9 Å². The largest absolute Gasteiger partial charge is 0.311 e. The molecule has 0 aromatic heterocycles. The van der Waals surface area contributed by atoms with E-state index in [1.54, 1.807) is 0 Å². The normalized spacial score (nSPS) is 14.6. The third kappa shape index (κ3) is 5.68. The van der Waals surface area contributed by atoms with Gasteiger partial charge in [-0.1, -0.05) is 58.0 Å². The van der Waals surface area contributed by atoms with Gasteiger partial charge in [0.05, 0.1) is 0 Å². The number of benzene rings is 1. The van der Waals surface area contributed by atoms with Gasteiger partial charge in [0.1, 0.15) is 0 Å². The van der Waals surface area contributed by atoms with Crippen LogP contribution in [0.4, 0.5) is 0 Å². The predicted octanol–water partition coefficient (Wildman–Crippen LogP) is 4.59. The molecule has 1 rings (SSSR count). The predicted molar refractivity (Wildman–Crippen MR) is 81.0 cm³/mol. The van der Waals surface area contributed by atoms with Gasteiger partial charge in [-0.15, -0.1) is 0 Å². The van der Waals surface area contributed by atoms with Crippen LogP contribution in [0, 0.1) is 5.41 Å². The van der Waals surface area contributed by atoms with E-state index in [9.17, 15) is 0 Å². The zero-order valence-electron chi connectivity index (χ0n) is 12.9. The van der Waals surface area contributed by atoms with Crippen LogP contribution in [0.3, 0.4) is 0 Å². The molecule has 0 aliphatic carbocycles. The summed E-state index contributed by atoms with van der Waals surface area (Å²) in [5.74, 6) is 0.561. The smallest absolute Gasteiger partial charge is 0.0130 e. The van der Waals surface area contributed by atoms with Crippen LogP contribution in [0.15, 0.2) is 30.3 Å². The second-order valence-corrected chi connectivity index (χ2v) is 7.31. The Kier molecular flexibility index (Phi) is 4.98. The molecule has 0 saturated carbocycles. The molecule has 0 amide bonds. The molecule has 0 unspecified atom stereocenters. The molecule has 1 aromatic rings. The van der Waals surface area contributed by atoms with E-state index >= 15 is 0 Å². The summed E-state index contributed by atoms with van der Waals surface area (Å²) in [7, 11) is 0. The number of nitrogens with one attached hydrogen (secondary N) is 1. The van der Waals surface area contributed by atoms with Crippen molar-refractivity contribution in [2.24, 2.45) is 5.41 Å². The Balaban J connectivity index is 2.50. The Morgan fingerprint density at radius 1 is 1.00 bits per heavy atom. The fraction of sp³-hybridized carbons (Fsp3) is 0.647. The molecule has 0 radical (unpaired) electrons. The lowest BCUT2D eigenvalue weighted by Gasteiger charge is -2.34. The maximum Gasteiger partial charge on any atom is 0.0130 e. The van der Waals surface area contributed by atoms with Gasteiger partial charge in [0, 0.05) is 12.1 Å². The van der Waals surface area contributed by atoms with Gasteiger partial charge in [0.25, 0.3) is 0 Å². The second kappa shape index (κ2) is 5.88. The minimum atomic E-state index is 0.196. The Bertz CT molecular complexity index is 346. The Labute approximate surface area is 113 Å². The molecule has 0 aliphatic rings. The van der Waals surface area contributed by atoms with Gasteiger partial charge in [-0.2, -0.15) is 0 Å². The monoisotopic (exact) mass is 247 g/mol. The molecule has 0 saturated heterocycles. The van der Waals surface area contributed by atoms with E-state index in [2.05, 4.69) is 77.2 Å². The van der Waals surface area contributed by atoms with Crippen molar-refractivity contribution in [3.8, 4) is 0 Å². The van der Waals surface area contributed by atoms with Crippen molar-refractivity contribution in [2.45, 2.75) is 59.4 Å². The summed E-state index contributed by atoms with van der Waals surface area (Å²) in [5, 5.41) is 3.71. The van der Waals surface area contributed by atoms with E-state index in [4.69, 9.17) is 0 Å². The summed E-state index contributed by atoms with van der Waals surface area (Å²) in [4.78, 5) is 0. The first-order valence-corrected chi connectivity index (χ1v) is 7.00. The molecule has 0 heterocycles. The highest BCUT2D eigenvalue weighted by atomic mass is 15.0. The zero-order chi connectivity index (χ0) is 13.8. The first-order chi connectivity index (χ1) is 8.20. The first kappa shape index (κ1) is 15.2. The van der Waals surface area contributed by atoms with Crippen LogP contribution < -0.4 is 5.32 Å². The molecule has 1 nitrogen and oxygen atoms in total. The zero-order valence-corrected chi connectivity index (χ0v) is 12.9. The highest BCUT2D eigenvalue weighted by Gasteiger charge is 2.25. The van der Waals surface area contributed by atoms with Crippen LogP contribution in [0.25, 0.3) is 0 Å². The van der Waals surface area contributed by atoms with Crippen molar-refractivity contribution in [1.29, 1.82) is 0 Å².